The van der Waals surface area contributed by atoms with Crippen molar-refractivity contribution in [2.75, 3.05) is 17.8 Å². The van der Waals surface area contributed by atoms with E-state index in [4.69, 9.17) is 9.15 Å². The third kappa shape index (κ3) is 4.53. The fourth-order valence-electron chi connectivity index (χ4n) is 3.32. The van der Waals surface area contributed by atoms with Crippen molar-refractivity contribution >= 4 is 42.4 Å². The normalized spacial score (nSPS) is 11.6. The summed E-state index contributed by atoms with van der Waals surface area (Å²) in [5, 5.41) is 0.437. The third-order valence-corrected chi connectivity index (χ3v) is 7.69. The number of ether oxygens (including phenoxy) is 1. The zero-order valence-electron chi connectivity index (χ0n) is 17.6. The van der Waals surface area contributed by atoms with Crippen molar-refractivity contribution in [3.63, 3.8) is 0 Å². The summed E-state index contributed by atoms with van der Waals surface area (Å²) >= 11 is 1.35. The second kappa shape index (κ2) is 9.13. The van der Waals surface area contributed by atoms with E-state index in [9.17, 15) is 13.2 Å². The Balaban J connectivity index is 1.68. The van der Waals surface area contributed by atoms with Crippen molar-refractivity contribution in [1.82, 2.24) is 4.98 Å². The standard InChI is InChI=1S/C23H22N2O5S2/c1-3-16-6-4-8-20-22(16)24-23(31-20)25(14-18-7-5-13-30-18)21(26)15-32(27,28)19-11-9-17(29-2)10-12-19/h4-13H,3,14-15H2,1-2H3. The van der Waals surface area contributed by atoms with E-state index in [1.54, 1.807) is 24.3 Å². The van der Waals surface area contributed by atoms with Crippen LogP contribution in [0.4, 0.5) is 5.13 Å². The molecule has 166 valence electrons. The molecule has 9 heteroatoms. The first-order valence-corrected chi connectivity index (χ1v) is 12.5. The smallest absolute Gasteiger partial charge is 0.244 e. The molecule has 0 radical (unpaired) electrons. The molecule has 32 heavy (non-hydrogen) atoms. The molecule has 0 atom stereocenters. The first-order valence-electron chi connectivity index (χ1n) is 9.99. The molecule has 0 unspecified atom stereocenters. The van der Waals surface area contributed by atoms with E-state index in [-0.39, 0.29) is 11.4 Å². The zero-order valence-corrected chi connectivity index (χ0v) is 19.3. The predicted molar refractivity (Wildman–Crippen MR) is 124 cm³/mol. The molecule has 0 fully saturated rings. The van der Waals surface area contributed by atoms with Crippen LogP contribution in [-0.2, 0) is 27.6 Å². The van der Waals surface area contributed by atoms with Crippen LogP contribution in [0.25, 0.3) is 10.2 Å². The first-order chi connectivity index (χ1) is 15.4. The second-order valence-electron chi connectivity index (χ2n) is 7.11. The van der Waals surface area contributed by atoms with E-state index in [0.29, 0.717) is 16.6 Å². The Kier molecular flexibility index (Phi) is 6.29. The summed E-state index contributed by atoms with van der Waals surface area (Å²) in [5.41, 5.74) is 1.89. The molecule has 4 rings (SSSR count). The minimum absolute atomic E-state index is 0.0576. The molecule has 2 heterocycles. The lowest BCUT2D eigenvalue weighted by atomic mass is 10.1. The molecule has 4 aromatic rings. The number of carbonyl (C=O) groups is 1. The molecule has 0 N–H and O–H groups in total. The fourth-order valence-corrected chi connectivity index (χ4v) is 5.55. The summed E-state index contributed by atoms with van der Waals surface area (Å²) in [7, 11) is -2.36. The maximum Gasteiger partial charge on any atom is 0.244 e. The van der Waals surface area contributed by atoms with Gasteiger partial charge in [-0.05, 0) is 54.4 Å². The Hall–Kier alpha value is -3.17. The number of rotatable bonds is 8. The number of furan rings is 1. The average molecular weight is 471 g/mol. The van der Waals surface area contributed by atoms with Gasteiger partial charge < -0.3 is 9.15 Å². The van der Waals surface area contributed by atoms with Crippen molar-refractivity contribution in [2.45, 2.75) is 24.8 Å². The highest BCUT2D eigenvalue weighted by atomic mass is 32.2. The van der Waals surface area contributed by atoms with Crippen LogP contribution in [0.15, 0.2) is 70.2 Å². The lowest BCUT2D eigenvalue weighted by Gasteiger charge is -2.19. The van der Waals surface area contributed by atoms with Crippen LogP contribution in [0, 0.1) is 0 Å². The van der Waals surface area contributed by atoms with Gasteiger partial charge >= 0.3 is 0 Å². The number of benzene rings is 2. The number of methoxy groups -OCH3 is 1. The number of nitrogens with zero attached hydrogens (tertiary/aromatic N) is 2. The van der Waals surface area contributed by atoms with Gasteiger partial charge in [0.2, 0.25) is 5.91 Å². The van der Waals surface area contributed by atoms with E-state index in [1.165, 1.54) is 41.7 Å². The van der Waals surface area contributed by atoms with Gasteiger partial charge in [0.25, 0.3) is 0 Å². The molecule has 0 saturated heterocycles. The number of sulfone groups is 1. The van der Waals surface area contributed by atoms with Crippen LogP contribution in [0.2, 0.25) is 0 Å². The summed E-state index contributed by atoms with van der Waals surface area (Å²) in [5.74, 6) is -0.184. The molecular formula is C23H22N2O5S2. The molecule has 0 saturated carbocycles. The van der Waals surface area contributed by atoms with Crippen LogP contribution in [0.3, 0.4) is 0 Å². The number of carbonyl (C=O) groups excluding carboxylic acids is 1. The maximum atomic E-state index is 13.3. The maximum absolute atomic E-state index is 13.3. The Bertz CT molecular complexity index is 1330. The Morgan fingerprint density at radius 2 is 1.91 bits per heavy atom. The zero-order chi connectivity index (χ0) is 22.7. The van der Waals surface area contributed by atoms with E-state index in [1.807, 2.05) is 25.1 Å². The van der Waals surface area contributed by atoms with Crippen molar-refractivity contribution in [2.24, 2.45) is 0 Å². The van der Waals surface area contributed by atoms with Gasteiger partial charge in [0, 0.05) is 0 Å². The van der Waals surface area contributed by atoms with Crippen molar-refractivity contribution in [3.05, 3.63) is 72.2 Å². The highest BCUT2D eigenvalue weighted by Gasteiger charge is 2.27. The van der Waals surface area contributed by atoms with Crippen LogP contribution in [0.1, 0.15) is 18.2 Å². The van der Waals surface area contributed by atoms with Crippen LogP contribution in [-0.4, -0.2) is 32.2 Å². The minimum atomic E-state index is -3.86. The summed E-state index contributed by atoms with van der Waals surface area (Å²) < 4.78 is 37.3. The van der Waals surface area contributed by atoms with E-state index in [2.05, 4.69) is 4.98 Å². The quantitative estimate of drug-likeness (QED) is 0.378. The molecule has 7 nitrogen and oxygen atoms in total. The molecule has 2 aromatic carbocycles. The molecule has 2 aromatic heterocycles. The van der Waals surface area contributed by atoms with Crippen LogP contribution in [0.5, 0.6) is 5.75 Å². The van der Waals surface area contributed by atoms with Crippen molar-refractivity contribution < 1.29 is 22.4 Å². The number of aromatic nitrogens is 1. The van der Waals surface area contributed by atoms with Gasteiger partial charge in [-0.1, -0.05) is 30.4 Å². The number of thiazole rings is 1. The number of hydrogen-bond donors (Lipinski definition) is 0. The number of anilines is 1. The van der Waals surface area contributed by atoms with E-state index in [0.717, 1.165) is 22.2 Å². The van der Waals surface area contributed by atoms with Gasteiger partial charge in [-0.3, -0.25) is 9.69 Å². The SMILES string of the molecule is CCc1cccc2sc(N(Cc3ccco3)C(=O)CS(=O)(=O)c3ccc(OC)cc3)nc12. The predicted octanol–water partition coefficient (Wildman–Crippen LogP) is 4.47. The Labute approximate surface area is 190 Å². The Morgan fingerprint density at radius 3 is 2.56 bits per heavy atom. The largest absolute Gasteiger partial charge is 0.497 e. The van der Waals surface area contributed by atoms with Crippen LogP contribution < -0.4 is 9.64 Å². The van der Waals surface area contributed by atoms with Crippen molar-refractivity contribution in [3.8, 4) is 5.75 Å². The number of fused-ring (bicyclic) bond motifs is 1. The third-order valence-electron chi connectivity index (χ3n) is 5.03. The lowest BCUT2D eigenvalue weighted by Crippen LogP contribution is -2.35. The van der Waals surface area contributed by atoms with Gasteiger partial charge in [-0.25, -0.2) is 13.4 Å². The Morgan fingerprint density at radius 1 is 1.12 bits per heavy atom. The number of amides is 1. The topological polar surface area (TPSA) is 89.7 Å². The lowest BCUT2D eigenvalue weighted by molar-refractivity contribution is -0.116. The molecule has 1 amide bonds. The summed E-state index contributed by atoms with van der Waals surface area (Å²) in [6.07, 6.45) is 2.32. The molecule has 0 aliphatic carbocycles. The molecule has 0 aliphatic rings. The van der Waals surface area contributed by atoms with Crippen LogP contribution >= 0.6 is 11.3 Å². The second-order valence-corrected chi connectivity index (χ2v) is 10.1. The number of hydrogen-bond acceptors (Lipinski definition) is 7. The highest BCUT2D eigenvalue weighted by Crippen LogP contribution is 2.32. The highest BCUT2D eigenvalue weighted by molar-refractivity contribution is 7.92. The molecule has 0 bridgehead atoms. The minimum Gasteiger partial charge on any atom is -0.497 e. The monoisotopic (exact) mass is 470 g/mol. The fraction of sp³-hybridized carbons (Fsp3) is 0.217. The van der Waals surface area contributed by atoms with Gasteiger partial charge in [0.1, 0.15) is 17.3 Å². The van der Waals surface area contributed by atoms with E-state index >= 15 is 0 Å². The molecular weight excluding hydrogens is 448 g/mol. The van der Waals surface area contributed by atoms with E-state index < -0.39 is 21.5 Å². The van der Waals surface area contributed by atoms with Gasteiger partial charge in [0.15, 0.2) is 15.0 Å². The number of para-hydroxylation sites is 1. The summed E-state index contributed by atoms with van der Waals surface area (Å²) in [4.78, 5) is 19.4. The van der Waals surface area contributed by atoms with Gasteiger partial charge in [0.05, 0.1) is 35.0 Å². The van der Waals surface area contributed by atoms with Gasteiger partial charge in [-0.15, -0.1) is 0 Å². The average Bonchev–Trinajstić information content (AvgIpc) is 3.46. The summed E-state index contributed by atoms with van der Waals surface area (Å²) in [6.45, 7) is 2.13. The molecule has 0 aliphatic heterocycles. The van der Waals surface area contributed by atoms with Gasteiger partial charge in [-0.2, -0.15) is 0 Å². The number of aryl methyl sites for hydroxylation is 1. The molecule has 0 spiro atoms. The first kappa shape index (κ1) is 22.0. The van der Waals surface area contributed by atoms with Crippen molar-refractivity contribution in [1.29, 1.82) is 0 Å². The summed E-state index contributed by atoms with van der Waals surface area (Å²) in [6, 6.07) is 15.3.